The zero-order valence-corrected chi connectivity index (χ0v) is 14.1. The standard InChI is InChI=1S/C14H17ClN4O2S/c1-4-13-16-9-10(15)14(18-13)17-11-7-5-6-8-12(11)22(20,21)19(2)3/h5-9H,4H2,1-3H3,(H,16,17,18). The van der Waals surface area contributed by atoms with Crippen LogP contribution in [0.3, 0.4) is 0 Å². The predicted octanol–water partition coefficient (Wildman–Crippen LogP) is 2.69. The summed E-state index contributed by atoms with van der Waals surface area (Å²) in [6, 6.07) is 6.61. The zero-order chi connectivity index (χ0) is 16.3. The average Bonchev–Trinajstić information content (AvgIpc) is 2.49. The summed E-state index contributed by atoms with van der Waals surface area (Å²) in [5.41, 5.74) is 0.416. The van der Waals surface area contributed by atoms with Crippen LogP contribution in [0.2, 0.25) is 5.02 Å². The lowest BCUT2D eigenvalue weighted by Gasteiger charge is -2.16. The first-order valence-corrected chi connectivity index (χ1v) is 8.48. The average molecular weight is 341 g/mol. The van der Waals surface area contributed by atoms with E-state index in [-0.39, 0.29) is 4.90 Å². The minimum absolute atomic E-state index is 0.160. The summed E-state index contributed by atoms with van der Waals surface area (Å²) in [5.74, 6) is 1.01. The molecule has 0 bridgehead atoms. The van der Waals surface area contributed by atoms with Crippen molar-refractivity contribution in [2.45, 2.75) is 18.2 Å². The van der Waals surface area contributed by atoms with Gasteiger partial charge in [-0.2, -0.15) is 0 Å². The van der Waals surface area contributed by atoms with Crippen molar-refractivity contribution >= 4 is 33.1 Å². The molecule has 0 spiro atoms. The molecular formula is C14H17ClN4O2S. The lowest BCUT2D eigenvalue weighted by atomic mass is 10.3. The summed E-state index contributed by atoms with van der Waals surface area (Å²) in [6.45, 7) is 1.93. The van der Waals surface area contributed by atoms with Crippen molar-refractivity contribution in [3.05, 3.63) is 41.3 Å². The van der Waals surface area contributed by atoms with Crippen LogP contribution in [0.4, 0.5) is 11.5 Å². The fourth-order valence-electron chi connectivity index (χ4n) is 1.78. The number of hydrogen-bond acceptors (Lipinski definition) is 5. The first-order valence-electron chi connectivity index (χ1n) is 6.66. The summed E-state index contributed by atoms with van der Waals surface area (Å²) in [7, 11) is -0.602. The minimum Gasteiger partial charge on any atom is -0.338 e. The van der Waals surface area contributed by atoms with Crippen molar-refractivity contribution in [2.75, 3.05) is 19.4 Å². The Morgan fingerprint density at radius 3 is 2.59 bits per heavy atom. The van der Waals surface area contributed by atoms with Gasteiger partial charge in [-0.15, -0.1) is 0 Å². The van der Waals surface area contributed by atoms with Crippen LogP contribution in [0.15, 0.2) is 35.4 Å². The number of hydrogen-bond donors (Lipinski definition) is 1. The van der Waals surface area contributed by atoms with Gasteiger partial charge in [0.1, 0.15) is 15.7 Å². The molecule has 118 valence electrons. The van der Waals surface area contributed by atoms with Crippen molar-refractivity contribution in [1.29, 1.82) is 0 Å². The second-order valence-corrected chi connectivity index (χ2v) is 7.27. The van der Waals surface area contributed by atoms with E-state index < -0.39 is 10.0 Å². The molecule has 0 saturated heterocycles. The molecule has 6 nitrogen and oxygen atoms in total. The van der Waals surface area contributed by atoms with Crippen LogP contribution in [0.5, 0.6) is 0 Å². The smallest absolute Gasteiger partial charge is 0.244 e. The van der Waals surface area contributed by atoms with Gasteiger partial charge in [0, 0.05) is 20.5 Å². The van der Waals surface area contributed by atoms with Crippen LogP contribution in [0, 0.1) is 0 Å². The third-order valence-corrected chi connectivity index (χ3v) is 5.16. The van der Waals surface area contributed by atoms with Crippen molar-refractivity contribution in [2.24, 2.45) is 0 Å². The molecule has 1 N–H and O–H groups in total. The Morgan fingerprint density at radius 2 is 1.95 bits per heavy atom. The molecule has 1 aromatic carbocycles. The zero-order valence-electron chi connectivity index (χ0n) is 12.5. The van der Waals surface area contributed by atoms with Gasteiger partial charge in [-0.05, 0) is 12.1 Å². The van der Waals surface area contributed by atoms with E-state index in [1.807, 2.05) is 6.92 Å². The molecule has 2 aromatic rings. The highest BCUT2D eigenvalue weighted by atomic mass is 35.5. The lowest BCUT2D eigenvalue weighted by Crippen LogP contribution is -2.23. The van der Waals surface area contributed by atoms with Crippen LogP contribution in [0.25, 0.3) is 0 Å². The Hall–Kier alpha value is -1.70. The number of sulfonamides is 1. The maximum Gasteiger partial charge on any atom is 0.244 e. The molecule has 0 saturated carbocycles. The van der Waals surface area contributed by atoms with E-state index in [4.69, 9.17) is 11.6 Å². The molecule has 0 aliphatic heterocycles. The number of aromatic nitrogens is 2. The molecule has 1 aromatic heterocycles. The Bertz CT molecular complexity index is 778. The Morgan fingerprint density at radius 1 is 1.27 bits per heavy atom. The summed E-state index contributed by atoms with van der Waals surface area (Å²) in [6.07, 6.45) is 2.16. The Labute approximate surface area is 135 Å². The maximum absolute atomic E-state index is 12.4. The second kappa shape index (κ2) is 6.60. The van der Waals surface area contributed by atoms with Crippen LogP contribution >= 0.6 is 11.6 Å². The van der Waals surface area contributed by atoms with Crippen molar-refractivity contribution < 1.29 is 8.42 Å². The van der Waals surface area contributed by atoms with Gasteiger partial charge in [-0.25, -0.2) is 22.7 Å². The van der Waals surface area contributed by atoms with Crippen LogP contribution < -0.4 is 5.32 Å². The normalized spacial score (nSPS) is 11.7. The highest BCUT2D eigenvalue weighted by Crippen LogP contribution is 2.28. The van der Waals surface area contributed by atoms with E-state index in [1.54, 1.807) is 18.2 Å². The quantitative estimate of drug-likeness (QED) is 0.905. The summed E-state index contributed by atoms with van der Waals surface area (Å²) in [4.78, 5) is 8.54. The molecular weight excluding hydrogens is 324 g/mol. The topological polar surface area (TPSA) is 75.2 Å². The molecule has 0 aliphatic carbocycles. The second-order valence-electron chi connectivity index (χ2n) is 4.74. The largest absolute Gasteiger partial charge is 0.338 e. The van der Waals surface area contributed by atoms with Crippen molar-refractivity contribution in [3.8, 4) is 0 Å². The first-order chi connectivity index (χ1) is 10.4. The molecule has 8 heteroatoms. The molecule has 22 heavy (non-hydrogen) atoms. The third kappa shape index (κ3) is 3.37. The summed E-state index contributed by atoms with van der Waals surface area (Å²) in [5, 5.41) is 3.32. The molecule has 0 atom stereocenters. The molecule has 2 rings (SSSR count). The number of benzene rings is 1. The van der Waals surface area contributed by atoms with E-state index in [0.717, 1.165) is 4.31 Å². The summed E-state index contributed by atoms with van der Waals surface area (Å²) < 4.78 is 25.9. The van der Waals surface area contributed by atoms with Gasteiger partial charge in [-0.3, -0.25) is 0 Å². The highest BCUT2D eigenvalue weighted by molar-refractivity contribution is 7.89. The van der Waals surface area contributed by atoms with Gasteiger partial charge in [0.25, 0.3) is 0 Å². The van der Waals surface area contributed by atoms with E-state index in [1.165, 1.54) is 26.4 Å². The molecule has 0 radical (unpaired) electrons. The minimum atomic E-state index is -3.57. The van der Waals surface area contributed by atoms with Crippen LogP contribution in [-0.2, 0) is 16.4 Å². The molecule has 0 unspecified atom stereocenters. The fourth-order valence-corrected chi connectivity index (χ4v) is 2.96. The van der Waals surface area contributed by atoms with E-state index in [9.17, 15) is 8.42 Å². The Balaban J connectivity index is 2.48. The maximum atomic E-state index is 12.4. The number of rotatable bonds is 5. The van der Waals surface area contributed by atoms with Crippen molar-refractivity contribution in [1.82, 2.24) is 14.3 Å². The predicted molar refractivity (Wildman–Crippen MR) is 87.0 cm³/mol. The number of aryl methyl sites for hydroxylation is 1. The van der Waals surface area contributed by atoms with Crippen LogP contribution in [-0.4, -0.2) is 36.8 Å². The monoisotopic (exact) mass is 340 g/mol. The van der Waals surface area contributed by atoms with Gasteiger partial charge >= 0.3 is 0 Å². The number of anilines is 2. The number of nitrogens with zero attached hydrogens (tertiary/aromatic N) is 3. The fraction of sp³-hybridized carbons (Fsp3) is 0.286. The van der Waals surface area contributed by atoms with E-state index in [0.29, 0.717) is 28.8 Å². The Kier molecular flexibility index (Phi) is 5.00. The first kappa shape index (κ1) is 16.7. The van der Waals surface area contributed by atoms with Crippen molar-refractivity contribution in [3.63, 3.8) is 0 Å². The van der Waals surface area contributed by atoms with Gasteiger partial charge in [0.2, 0.25) is 10.0 Å². The highest BCUT2D eigenvalue weighted by Gasteiger charge is 2.21. The molecule has 0 fully saturated rings. The number of nitrogens with one attached hydrogen (secondary N) is 1. The van der Waals surface area contributed by atoms with E-state index >= 15 is 0 Å². The SMILES string of the molecule is CCc1ncc(Cl)c(Nc2ccccc2S(=O)(=O)N(C)C)n1. The lowest BCUT2D eigenvalue weighted by molar-refractivity contribution is 0.521. The van der Waals surface area contributed by atoms with E-state index in [2.05, 4.69) is 15.3 Å². The van der Waals surface area contributed by atoms with Gasteiger partial charge in [0.05, 0.1) is 11.9 Å². The number of halogens is 1. The molecule has 1 heterocycles. The summed E-state index contributed by atoms with van der Waals surface area (Å²) >= 11 is 6.08. The third-order valence-electron chi connectivity index (χ3n) is 3.01. The molecule has 0 amide bonds. The van der Waals surface area contributed by atoms with Gasteiger partial charge in [-0.1, -0.05) is 30.7 Å². The van der Waals surface area contributed by atoms with Gasteiger partial charge < -0.3 is 5.32 Å². The number of para-hydroxylation sites is 1. The molecule has 0 aliphatic rings. The van der Waals surface area contributed by atoms with Gasteiger partial charge in [0.15, 0.2) is 5.82 Å². The van der Waals surface area contributed by atoms with Crippen LogP contribution in [0.1, 0.15) is 12.7 Å².